The Labute approximate surface area is 161 Å². The summed E-state index contributed by atoms with van der Waals surface area (Å²) in [4.78, 5) is 35.4. The Kier molecular flexibility index (Phi) is 7.87. The third-order valence-corrected chi connectivity index (χ3v) is 4.27. The molecule has 0 saturated carbocycles. The van der Waals surface area contributed by atoms with Gasteiger partial charge in [0.05, 0.1) is 16.7 Å². The van der Waals surface area contributed by atoms with Crippen LogP contribution in [0, 0.1) is 17.2 Å². The minimum Gasteiger partial charge on any atom is -0.454 e. The number of nitrogens with one attached hydrogen (secondary N) is 2. The van der Waals surface area contributed by atoms with Crippen molar-refractivity contribution in [1.82, 2.24) is 10.6 Å². The summed E-state index contributed by atoms with van der Waals surface area (Å²) >= 11 is 11.6. The second-order valence-electron chi connectivity index (χ2n) is 5.98. The van der Waals surface area contributed by atoms with E-state index in [9.17, 15) is 14.4 Å². The molecule has 0 aliphatic heterocycles. The van der Waals surface area contributed by atoms with Crippen molar-refractivity contribution in [3.8, 4) is 6.07 Å². The molecule has 1 rings (SSSR count). The summed E-state index contributed by atoms with van der Waals surface area (Å²) in [6.07, 6.45) is 0. The van der Waals surface area contributed by atoms with Gasteiger partial charge < -0.3 is 15.4 Å². The summed E-state index contributed by atoms with van der Waals surface area (Å²) in [5.74, 6) is -2.12. The lowest BCUT2D eigenvalue weighted by Crippen LogP contribution is -2.50. The summed E-state index contributed by atoms with van der Waals surface area (Å²) in [5, 5.41) is 14.5. The number of carbonyl (C=O) groups is 3. The molecule has 26 heavy (non-hydrogen) atoms. The number of ether oxygens (including phenoxy) is 1. The lowest BCUT2D eigenvalue weighted by atomic mass is 9.90. The van der Waals surface area contributed by atoms with Gasteiger partial charge in [-0.3, -0.25) is 14.4 Å². The number of benzene rings is 1. The van der Waals surface area contributed by atoms with Gasteiger partial charge in [0.1, 0.15) is 12.1 Å². The average Bonchev–Trinajstić information content (AvgIpc) is 2.57. The third-order valence-electron chi connectivity index (χ3n) is 3.72. The fourth-order valence-corrected chi connectivity index (χ4v) is 2.24. The van der Waals surface area contributed by atoms with E-state index in [1.807, 2.05) is 6.07 Å². The lowest BCUT2D eigenvalue weighted by Gasteiger charge is -2.27. The Balaban J connectivity index is 2.46. The number of nitrogens with zero attached hydrogens (tertiary/aromatic N) is 1. The molecule has 1 aromatic carbocycles. The van der Waals surface area contributed by atoms with Gasteiger partial charge >= 0.3 is 5.97 Å². The van der Waals surface area contributed by atoms with Crippen LogP contribution in [0.1, 0.15) is 31.1 Å². The van der Waals surface area contributed by atoms with E-state index in [1.165, 1.54) is 18.2 Å². The highest BCUT2D eigenvalue weighted by Crippen LogP contribution is 2.20. The third kappa shape index (κ3) is 6.21. The summed E-state index contributed by atoms with van der Waals surface area (Å²) in [7, 11) is 0. The zero-order valence-electron chi connectivity index (χ0n) is 14.6. The molecular formula is C17H19Cl2N3O4. The zero-order valence-corrected chi connectivity index (χ0v) is 16.1. The lowest BCUT2D eigenvalue weighted by molar-refractivity contribution is -0.147. The first-order valence-corrected chi connectivity index (χ1v) is 8.45. The molecule has 0 radical (unpaired) electrons. The Bertz CT molecular complexity index is 746. The molecule has 0 aliphatic rings. The summed E-state index contributed by atoms with van der Waals surface area (Å²) in [6, 6.07) is 6.33. The molecule has 2 amide bonds. The Morgan fingerprint density at radius 3 is 2.50 bits per heavy atom. The molecule has 0 aromatic heterocycles. The Morgan fingerprint density at radius 1 is 1.31 bits per heavy atom. The number of rotatable bonds is 7. The van der Waals surface area contributed by atoms with E-state index in [1.54, 1.807) is 20.8 Å². The van der Waals surface area contributed by atoms with Crippen molar-refractivity contribution in [3.05, 3.63) is 33.8 Å². The molecule has 0 aliphatic carbocycles. The first-order valence-electron chi connectivity index (χ1n) is 7.70. The predicted molar refractivity (Wildman–Crippen MR) is 96.8 cm³/mol. The maximum Gasteiger partial charge on any atom is 0.325 e. The predicted octanol–water partition coefficient (Wildman–Crippen LogP) is 2.32. The van der Waals surface area contributed by atoms with Crippen molar-refractivity contribution < 1.29 is 19.1 Å². The SMILES string of the molecule is CC(C)[C@@](C)(C#N)NC(=O)COC(=O)CNC(=O)c1ccc(Cl)cc1Cl. The van der Waals surface area contributed by atoms with Crippen LogP contribution in [0.3, 0.4) is 0 Å². The van der Waals surface area contributed by atoms with Crippen LogP contribution in [0.4, 0.5) is 0 Å². The maximum atomic E-state index is 12.0. The van der Waals surface area contributed by atoms with Gasteiger partial charge in [-0.15, -0.1) is 0 Å². The topological polar surface area (TPSA) is 108 Å². The number of carbonyl (C=O) groups excluding carboxylic acids is 3. The van der Waals surface area contributed by atoms with Crippen LogP contribution >= 0.6 is 23.2 Å². The van der Waals surface area contributed by atoms with E-state index < -0.39 is 36.5 Å². The number of amides is 2. The van der Waals surface area contributed by atoms with Gasteiger partial charge in [-0.1, -0.05) is 37.0 Å². The van der Waals surface area contributed by atoms with Crippen LogP contribution in [0.2, 0.25) is 10.0 Å². The van der Waals surface area contributed by atoms with E-state index >= 15 is 0 Å². The van der Waals surface area contributed by atoms with Crippen molar-refractivity contribution in [1.29, 1.82) is 5.26 Å². The Hall–Kier alpha value is -2.30. The number of esters is 1. The van der Waals surface area contributed by atoms with E-state index in [0.717, 1.165) is 0 Å². The first-order chi connectivity index (χ1) is 12.1. The largest absolute Gasteiger partial charge is 0.454 e. The van der Waals surface area contributed by atoms with Crippen molar-refractivity contribution in [2.75, 3.05) is 13.2 Å². The van der Waals surface area contributed by atoms with Crippen molar-refractivity contribution in [3.63, 3.8) is 0 Å². The van der Waals surface area contributed by atoms with Crippen LogP contribution in [0.25, 0.3) is 0 Å². The van der Waals surface area contributed by atoms with Gasteiger partial charge in [-0.2, -0.15) is 5.26 Å². The van der Waals surface area contributed by atoms with E-state index in [2.05, 4.69) is 10.6 Å². The molecule has 0 bridgehead atoms. The highest BCUT2D eigenvalue weighted by atomic mass is 35.5. The second-order valence-corrected chi connectivity index (χ2v) is 6.83. The van der Waals surface area contributed by atoms with Gasteiger partial charge in [0, 0.05) is 5.02 Å². The molecular weight excluding hydrogens is 381 g/mol. The number of halogens is 2. The highest BCUT2D eigenvalue weighted by Gasteiger charge is 2.30. The van der Waals surface area contributed by atoms with Crippen LogP contribution in [-0.2, 0) is 14.3 Å². The molecule has 0 heterocycles. The molecule has 1 aromatic rings. The van der Waals surface area contributed by atoms with Gasteiger partial charge in [-0.25, -0.2) is 0 Å². The van der Waals surface area contributed by atoms with Gasteiger partial charge in [0.15, 0.2) is 6.61 Å². The highest BCUT2D eigenvalue weighted by molar-refractivity contribution is 6.36. The quantitative estimate of drug-likeness (QED) is 0.683. The fraction of sp³-hybridized carbons (Fsp3) is 0.412. The van der Waals surface area contributed by atoms with Crippen molar-refractivity contribution in [2.24, 2.45) is 5.92 Å². The normalized spacial score (nSPS) is 12.7. The molecule has 0 spiro atoms. The van der Waals surface area contributed by atoms with Crippen LogP contribution < -0.4 is 10.6 Å². The van der Waals surface area contributed by atoms with E-state index in [0.29, 0.717) is 5.02 Å². The maximum absolute atomic E-state index is 12.0. The summed E-state index contributed by atoms with van der Waals surface area (Å²) < 4.78 is 4.78. The second kappa shape index (κ2) is 9.41. The molecule has 7 nitrogen and oxygen atoms in total. The summed E-state index contributed by atoms with van der Waals surface area (Å²) in [6.45, 7) is 4.15. The van der Waals surface area contributed by atoms with Crippen LogP contribution in [-0.4, -0.2) is 36.5 Å². The molecule has 0 saturated heterocycles. The molecule has 1 atom stereocenters. The standard InChI is InChI=1S/C17H19Cl2N3O4/c1-10(2)17(3,9-20)22-14(23)8-26-15(24)7-21-16(25)12-5-4-11(18)6-13(12)19/h4-6,10H,7-8H2,1-3H3,(H,21,25)(H,22,23)/t17-/m1/s1. The number of hydrogen-bond donors (Lipinski definition) is 2. The fourth-order valence-electron chi connectivity index (χ4n) is 1.75. The first kappa shape index (κ1) is 21.7. The van der Waals surface area contributed by atoms with Gasteiger partial charge in [0.2, 0.25) is 0 Å². The molecule has 0 fully saturated rings. The van der Waals surface area contributed by atoms with E-state index in [-0.39, 0.29) is 16.5 Å². The van der Waals surface area contributed by atoms with Crippen LogP contribution in [0.15, 0.2) is 18.2 Å². The molecule has 140 valence electrons. The molecule has 2 N–H and O–H groups in total. The minimum absolute atomic E-state index is 0.129. The average molecular weight is 400 g/mol. The van der Waals surface area contributed by atoms with Crippen LogP contribution in [0.5, 0.6) is 0 Å². The van der Waals surface area contributed by atoms with Gasteiger partial charge in [-0.05, 0) is 31.0 Å². The minimum atomic E-state index is -1.07. The van der Waals surface area contributed by atoms with Gasteiger partial charge in [0.25, 0.3) is 11.8 Å². The zero-order chi connectivity index (χ0) is 19.9. The number of nitriles is 1. The van der Waals surface area contributed by atoms with E-state index in [4.69, 9.17) is 33.2 Å². The summed E-state index contributed by atoms with van der Waals surface area (Å²) in [5.41, 5.74) is -0.911. The van der Waals surface area contributed by atoms with Crippen molar-refractivity contribution >= 4 is 41.0 Å². The molecule has 0 unspecified atom stereocenters. The smallest absolute Gasteiger partial charge is 0.325 e. The Morgan fingerprint density at radius 2 is 1.96 bits per heavy atom. The monoisotopic (exact) mass is 399 g/mol. The number of hydrogen-bond acceptors (Lipinski definition) is 5. The molecule has 9 heteroatoms. The van der Waals surface area contributed by atoms with Crippen molar-refractivity contribution in [2.45, 2.75) is 26.3 Å².